The fraction of sp³-hybridized carbons (Fsp3) is 0.211. The van der Waals surface area contributed by atoms with E-state index in [1.807, 2.05) is 6.07 Å². The number of hydrogen-bond donors (Lipinski definition) is 4. The van der Waals surface area contributed by atoms with Gasteiger partial charge in [-0.15, -0.1) is 0 Å². The van der Waals surface area contributed by atoms with Gasteiger partial charge in [-0.2, -0.15) is 5.48 Å². The molecule has 0 aliphatic heterocycles. The Morgan fingerprint density at radius 3 is 2.74 bits per heavy atom. The zero-order valence-electron chi connectivity index (χ0n) is 14.3. The van der Waals surface area contributed by atoms with Crippen molar-refractivity contribution in [2.75, 3.05) is 5.32 Å². The van der Waals surface area contributed by atoms with Crippen molar-refractivity contribution >= 4 is 22.6 Å². The number of aromatic nitrogens is 2. The summed E-state index contributed by atoms with van der Waals surface area (Å²) in [4.78, 5) is 20.3. The summed E-state index contributed by atoms with van der Waals surface area (Å²) in [5.74, 6) is 1.68. The van der Waals surface area contributed by atoms with Crippen LogP contribution in [0.25, 0.3) is 10.9 Å². The molecule has 1 aliphatic carbocycles. The summed E-state index contributed by atoms with van der Waals surface area (Å²) in [6.07, 6.45) is 3.71. The van der Waals surface area contributed by atoms with E-state index in [0.29, 0.717) is 28.4 Å². The highest BCUT2D eigenvalue weighted by atomic mass is 16.5. The number of hydroxylamine groups is 1. The first-order valence-electron chi connectivity index (χ1n) is 8.54. The Hall–Kier alpha value is -3.07. The van der Waals surface area contributed by atoms with Crippen LogP contribution < -0.4 is 15.5 Å². The van der Waals surface area contributed by atoms with Crippen LogP contribution in [0.4, 0.5) is 5.82 Å². The van der Waals surface area contributed by atoms with Crippen molar-refractivity contribution in [3.05, 3.63) is 54.4 Å². The van der Waals surface area contributed by atoms with Gasteiger partial charge in [0.05, 0.1) is 5.52 Å². The summed E-state index contributed by atoms with van der Waals surface area (Å²) >= 11 is 0. The number of anilines is 1. The number of amides is 1. The Morgan fingerprint density at radius 2 is 1.96 bits per heavy atom. The highest BCUT2D eigenvalue weighted by molar-refractivity contribution is 5.93. The van der Waals surface area contributed by atoms with Gasteiger partial charge in [0.25, 0.3) is 0 Å². The molecule has 1 unspecified atom stereocenters. The first-order chi connectivity index (χ1) is 13.1. The average Bonchev–Trinajstić information content (AvgIpc) is 3.52. The summed E-state index contributed by atoms with van der Waals surface area (Å²) < 4.78 is 5.85. The van der Waals surface area contributed by atoms with Crippen LogP contribution in [0.3, 0.4) is 0 Å². The number of ether oxygens (including phenoxy) is 1. The van der Waals surface area contributed by atoms with Crippen LogP contribution in [0.1, 0.15) is 24.6 Å². The molecule has 1 atom stereocenters. The number of nitrogens with one attached hydrogen (secondary N) is 2. The molecule has 138 valence electrons. The molecule has 27 heavy (non-hydrogen) atoms. The number of rotatable bonds is 6. The van der Waals surface area contributed by atoms with E-state index in [1.54, 1.807) is 42.0 Å². The predicted octanol–water partition coefficient (Wildman–Crippen LogP) is 2.74. The fourth-order valence-corrected chi connectivity index (χ4v) is 2.66. The van der Waals surface area contributed by atoms with Crippen LogP contribution in [-0.4, -0.2) is 26.2 Å². The molecular weight excluding hydrogens is 348 g/mol. The molecule has 4 rings (SSSR count). The maximum absolute atomic E-state index is 11.8. The van der Waals surface area contributed by atoms with Crippen molar-refractivity contribution < 1.29 is 19.8 Å². The molecule has 1 aliphatic rings. The van der Waals surface area contributed by atoms with E-state index >= 15 is 0 Å². The van der Waals surface area contributed by atoms with Gasteiger partial charge in [-0.25, -0.2) is 4.98 Å². The first kappa shape index (κ1) is 17.3. The molecule has 0 bridgehead atoms. The number of pyridine rings is 2. The summed E-state index contributed by atoms with van der Waals surface area (Å²) in [6.45, 7) is 0. The largest absolute Gasteiger partial charge is 0.457 e. The van der Waals surface area contributed by atoms with Gasteiger partial charge in [0.15, 0.2) is 6.23 Å². The van der Waals surface area contributed by atoms with Crippen LogP contribution in [0.2, 0.25) is 0 Å². The summed E-state index contributed by atoms with van der Waals surface area (Å²) in [5, 5.41) is 22.0. The molecule has 1 aromatic carbocycles. The maximum atomic E-state index is 11.8. The fourth-order valence-electron chi connectivity index (χ4n) is 2.66. The monoisotopic (exact) mass is 366 g/mol. The Labute approximate surface area is 154 Å². The zero-order valence-corrected chi connectivity index (χ0v) is 14.3. The Morgan fingerprint density at radius 1 is 1.15 bits per heavy atom. The van der Waals surface area contributed by atoms with E-state index < -0.39 is 6.23 Å². The topological polar surface area (TPSA) is 117 Å². The second kappa shape index (κ2) is 7.28. The number of fused-ring (bicyclic) bond motifs is 1. The minimum absolute atomic E-state index is 0.00934. The molecule has 1 saturated carbocycles. The van der Waals surface area contributed by atoms with Crippen LogP contribution >= 0.6 is 0 Å². The normalized spacial score (nSPS) is 14.7. The molecule has 1 fully saturated rings. The Balaban J connectivity index is 1.51. The third-order valence-electron chi connectivity index (χ3n) is 4.28. The zero-order chi connectivity index (χ0) is 18.8. The molecule has 4 N–H and O–H groups in total. The standard InChI is InChI=1S/C19H18N4O4/c24-18(11-1-2-11)22-17-9-15(5-6-20-17)27-14-4-3-12-7-13(19(25)23-26)10-21-16(12)8-14/h3-11,19,23,25-26H,1-2H2,(H,20,22,24). The Bertz CT molecular complexity index is 990. The molecule has 0 radical (unpaired) electrons. The van der Waals surface area contributed by atoms with Crippen molar-refractivity contribution in [1.29, 1.82) is 0 Å². The van der Waals surface area contributed by atoms with Gasteiger partial charge < -0.3 is 20.4 Å². The lowest BCUT2D eigenvalue weighted by molar-refractivity contribution is -0.117. The van der Waals surface area contributed by atoms with E-state index in [1.165, 1.54) is 6.20 Å². The minimum Gasteiger partial charge on any atom is -0.457 e. The number of hydrogen-bond acceptors (Lipinski definition) is 7. The van der Waals surface area contributed by atoms with Crippen LogP contribution in [-0.2, 0) is 4.79 Å². The molecule has 1 amide bonds. The third-order valence-corrected chi connectivity index (χ3v) is 4.28. The quantitative estimate of drug-likeness (QED) is 0.391. The minimum atomic E-state index is -1.20. The smallest absolute Gasteiger partial charge is 0.228 e. The van der Waals surface area contributed by atoms with Gasteiger partial charge >= 0.3 is 0 Å². The summed E-state index contributed by atoms with van der Waals surface area (Å²) in [6, 6.07) is 10.4. The van der Waals surface area contributed by atoms with Crippen molar-refractivity contribution in [3.8, 4) is 11.5 Å². The van der Waals surface area contributed by atoms with Gasteiger partial charge in [-0.1, -0.05) is 0 Å². The lowest BCUT2D eigenvalue weighted by atomic mass is 10.1. The second-order valence-corrected chi connectivity index (χ2v) is 6.40. The lowest BCUT2D eigenvalue weighted by Gasteiger charge is -2.10. The predicted molar refractivity (Wildman–Crippen MR) is 97.3 cm³/mol. The molecule has 8 nitrogen and oxygen atoms in total. The SMILES string of the molecule is O=C(Nc1cc(Oc2ccc3cc(C(O)NO)cnc3c2)ccn1)C1CC1. The number of aliphatic hydroxyl groups excluding tert-OH is 1. The second-order valence-electron chi connectivity index (χ2n) is 6.40. The molecule has 3 aromatic rings. The molecule has 0 spiro atoms. The van der Waals surface area contributed by atoms with Gasteiger partial charge in [0, 0.05) is 41.4 Å². The van der Waals surface area contributed by atoms with Crippen molar-refractivity contribution in [3.63, 3.8) is 0 Å². The van der Waals surface area contributed by atoms with Crippen molar-refractivity contribution in [2.45, 2.75) is 19.1 Å². The molecule has 2 heterocycles. The van der Waals surface area contributed by atoms with E-state index in [-0.39, 0.29) is 11.8 Å². The molecule has 2 aromatic heterocycles. The van der Waals surface area contributed by atoms with Crippen molar-refractivity contribution in [2.24, 2.45) is 5.92 Å². The summed E-state index contributed by atoms with van der Waals surface area (Å²) in [5.41, 5.74) is 2.90. The number of benzene rings is 1. The molecular formula is C19H18N4O4. The van der Waals surface area contributed by atoms with Gasteiger partial charge in [-0.3, -0.25) is 9.78 Å². The third kappa shape index (κ3) is 4.03. The highest BCUT2D eigenvalue weighted by Crippen LogP contribution is 2.31. The summed E-state index contributed by atoms with van der Waals surface area (Å²) in [7, 11) is 0. The van der Waals surface area contributed by atoms with Gasteiger partial charge in [-0.05, 0) is 37.1 Å². The van der Waals surface area contributed by atoms with Crippen LogP contribution in [0.15, 0.2) is 48.8 Å². The average molecular weight is 366 g/mol. The van der Waals surface area contributed by atoms with Gasteiger partial charge in [0.1, 0.15) is 17.3 Å². The van der Waals surface area contributed by atoms with Gasteiger partial charge in [0.2, 0.25) is 5.91 Å². The van der Waals surface area contributed by atoms with E-state index in [0.717, 1.165) is 18.2 Å². The number of carbonyl (C=O) groups excluding carboxylic acids is 1. The van der Waals surface area contributed by atoms with E-state index in [2.05, 4.69) is 15.3 Å². The maximum Gasteiger partial charge on any atom is 0.228 e. The molecule has 8 heteroatoms. The van der Waals surface area contributed by atoms with Crippen molar-refractivity contribution in [1.82, 2.24) is 15.4 Å². The number of aliphatic hydroxyl groups is 1. The Kier molecular flexibility index (Phi) is 4.68. The van der Waals surface area contributed by atoms with Crippen LogP contribution in [0.5, 0.6) is 11.5 Å². The molecule has 0 saturated heterocycles. The van der Waals surface area contributed by atoms with Crippen LogP contribution in [0, 0.1) is 5.92 Å². The highest BCUT2D eigenvalue weighted by Gasteiger charge is 2.29. The lowest BCUT2D eigenvalue weighted by Crippen LogP contribution is -2.16. The number of nitrogens with zero attached hydrogens (tertiary/aromatic N) is 2. The van der Waals surface area contributed by atoms with E-state index in [9.17, 15) is 9.90 Å². The first-order valence-corrected chi connectivity index (χ1v) is 8.54. The van der Waals surface area contributed by atoms with E-state index in [4.69, 9.17) is 9.94 Å². The number of carbonyl (C=O) groups is 1.